The Kier molecular flexibility index (Phi) is 4.97. The van der Waals surface area contributed by atoms with Gasteiger partial charge in [-0.3, -0.25) is 0 Å². The molecule has 1 fully saturated rings. The van der Waals surface area contributed by atoms with E-state index in [-0.39, 0.29) is 0 Å². The first kappa shape index (κ1) is 14.5. The van der Waals surface area contributed by atoms with Crippen molar-refractivity contribution in [3.8, 4) is 0 Å². The number of benzene rings is 1. The zero-order valence-electron chi connectivity index (χ0n) is 12.1. The molecular formula is C16H26N2O. The third-order valence-electron chi connectivity index (χ3n) is 3.92. The molecule has 0 amide bonds. The molecule has 0 aromatic heterocycles. The Hall–Kier alpha value is -0.900. The maximum Gasteiger partial charge on any atom is 0.0992 e. The average molecular weight is 262 g/mol. The van der Waals surface area contributed by atoms with Gasteiger partial charge in [0, 0.05) is 19.1 Å². The lowest BCUT2D eigenvalue weighted by Gasteiger charge is -2.28. The molecule has 0 saturated carbocycles. The third kappa shape index (κ3) is 4.30. The van der Waals surface area contributed by atoms with Crippen LogP contribution in [0.15, 0.2) is 30.3 Å². The fraction of sp³-hybridized carbons (Fsp3) is 0.625. The quantitative estimate of drug-likeness (QED) is 0.823. The van der Waals surface area contributed by atoms with Crippen LogP contribution in [-0.4, -0.2) is 42.2 Å². The normalized spacial score (nSPS) is 21.2. The van der Waals surface area contributed by atoms with E-state index in [9.17, 15) is 5.11 Å². The van der Waals surface area contributed by atoms with E-state index in [1.807, 2.05) is 37.3 Å². The van der Waals surface area contributed by atoms with Crippen LogP contribution in [0.3, 0.4) is 0 Å². The summed E-state index contributed by atoms with van der Waals surface area (Å²) < 4.78 is 0. The Morgan fingerprint density at radius 2 is 1.89 bits per heavy atom. The Balaban J connectivity index is 1.80. The van der Waals surface area contributed by atoms with Gasteiger partial charge in [0.1, 0.15) is 0 Å². The zero-order valence-corrected chi connectivity index (χ0v) is 12.1. The highest BCUT2D eigenvalue weighted by molar-refractivity contribution is 5.21. The molecule has 1 aliphatic rings. The van der Waals surface area contributed by atoms with E-state index in [1.165, 1.54) is 25.9 Å². The molecule has 0 aliphatic carbocycles. The number of likely N-dealkylation sites (tertiary alicyclic amines) is 1. The van der Waals surface area contributed by atoms with Crippen molar-refractivity contribution < 1.29 is 5.11 Å². The van der Waals surface area contributed by atoms with Crippen LogP contribution in [0.2, 0.25) is 0 Å². The van der Waals surface area contributed by atoms with Crippen molar-refractivity contribution in [3.05, 3.63) is 35.9 Å². The molecule has 1 saturated heterocycles. The highest BCUT2D eigenvalue weighted by Crippen LogP contribution is 2.19. The summed E-state index contributed by atoms with van der Waals surface area (Å²) in [7, 11) is 0. The minimum absolute atomic E-state index is 0.410. The van der Waals surface area contributed by atoms with Crippen molar-refractivity contribution in [2.24, 2.45) is 0 Å². The summed E-state index contributed by atoms with van der Waals surface area (Å²) in [5.41, 5.74) is 0.163. The molecule has 3 nitrogen and oxygen atoms in total. The van der Waals surface area contributed by atoms with Gasteiger partial charge in [0.05, 0.1) is 5.60 Å². The second-order valence-electron chi connectivity index (χ2n) is 5.93. The number of rotatable bonds is 6. The maximum atomic E-state index is 10.5. The van der Waals surface area contributed by atoms with E-state index in [0.717, 1.165) is 12.1 Å². The molecule has 1 aromatic rings. The molecule has 0 spiro atoms. The fourth-order valence-corrected chi connectivity index (χ4v) is 2.69. The van der Waals surface area contributed by atoms with Crippen molar-refractivity contribution >= 4 is 0 Å². The summed E-state index contributed by atoms with van der Waals surface area (Å²) in [5, 5.41) is 14.0. The number of hydrogen-bond acceptors (Lipinski definition) is 3. The minimum atomic E-state index is -0.805. The van der Waals surface area contributed by atoms with E-state index >= 15 is 0 Å². The Labute approximate surface area is 116 Å². The molecule has 19 heavy (non-hydrogen) atoms. The van der Waals surface area contributed by atoms with Crippen LogP contribution >= 0.6 is 0 Å². The summed E-state index contributed by atoms with van der Waals surface area (Å²) >= 11 is 0. The van der Waals surface area contributed by atoms with E-state index in [4.69, 9.17) is 0 Å². The van der Waals surface area contributed by atoms with Gasteiger partial charge in [-0.1, -0.05) is 30.3 Å². The van der Waals surface area contributed by atoms with E-state index in [0.29, 0.717) is 12.6 Å². The zero-order chi connectivity index (χ0) is 13.7. The summed E-state index contributed by atoms with van der Waals surface area (Å²) in [6, 6.07) is 10.3. The van der Waals surface area contributed by atoms with Crippen molar-refractivity contribution in [2.45, 2.75) is 38.3 Å². The van der Waals surface area contributed by atoms with Gasteiger partial charge in [0.2, 0.25) is 0 Å². The molecule has 0 bridgehead atoms. The smallest absolute Gasteiger partial charge is 0.0992 e. The minimum Gasteiger partial charge on any atom is -0.384 e. The third-order valence-corrected chi connectivity index (χ3v) is 3.92. The Bertz CT molecular complexity index is 372. The van der Waals surface area contributed by atoms with Crippen molar-refractivity contribution in [1.82, 2.24) is 10.2 Å². The van der Waals surface area contributed by atoms with Crippen LogP contribution in [0.4, 0.5) is 0 Å². The first-order valence-corrected chi connectivity index (χ1v) is 7.31. The van der Waals surface area contributed by atoms with Gasteiger partial charge in [-0.25, -0.2) is 0 Å². The largest absolute Gasteiger partial charge is 0.384 e. The second kappa shape index (κ2) is 6.51. The van der Waals surface area contributed by atoms with Crippen LogP contribution in [0.1, 0.15) is 32.3 Å². The van der Waals surface area contributed by atoms with Gasteiger partial charge in [-0.05, 0) is 45.3 Å². The Morgan fingerprint density at radius 1 is 1.26 bits per heavy atom. The molecule has 2 unspecified atom stereocenters. The first-order valence-electron chi connectivity index (χ1n) is 7.31. The van der Waals surface area contributed by atoms with Gasteiger partial charge in [-0.15, -0.1) is 0 Å². The molecule has 1 aliphatic heterocycles. The predicted molar refractivity (Wildman–Crippen MR) is 79.2 cm³/mol. The van der Waals surface area contributed by atoms with Crippen molar-refractivity contribution in [1.29, 1.82) is 0 Å². The molecule has 1 aromatic carbocycles. The standard InChI is InChI=1S/C16H26N2O/c1-14(12-18-10-6-7-11-18)17-13-16(2,19)15-8-4-3-5-9-15/h3-5,8-9,14,17,19H,6-7,10-13H2,1-2H3. The van der Waals surface area contributed by atoms with Crippen LogP contribution in [-0.2, 0) is 5.60 Å². The van der Waals surface area contributed by atoms with Gasteiger partial charge >= 0.3 is 0 Å². The lowest BCUT2D eigenvalue weighted by molar-refractivity contribution is 0.0531. The number of nitrogens with one attached hydrogen (secondary N) is 1. The molecule has 0 radical (unpaired) electrons. The highest BCUT2D eigenvalue weighted by Gasteiger charge is 2.23. The topological polar surface area (TPSA) is 35.5 Å². The van der Waals surface area contributed by atoms with E-state index < -0.39 is 5.60 Å². The maximum absolute atomic E-state index is 10.5. The highest BCUT2D eigenvalue weighted by atomic mass is 16.3. The van der Waals surface area contributed by atoms with E-state index in [2.05, 4.69) is 17.1 Å². The van der Waals surface area contributed by atoms with E-state index in [1.54, 1.807) is 0 Å². The van der Waals surface area contributed by atoms with Gasteiger partial charge < -0.3 is 15.3 Å². The molecule has 2 atom stereocenters. The predicted octanol–water partition coefficient (Wildman–Crippen LogP) is 1.97. The number of hydrogen-bond donors (Lipinski definition) is 2. The lowest BCUT2D eigenvalue weighted by atomic mass is 9.96. The SMILES string of the molecule is CC(CN1CCCC1)NCC(C)(O)c1ccccc1. The van der Waals surface area contributed by atoms with Crippen molar-refractivity contribution in [2.75, 3.05) is 26.2 Å². The van der Waals surface area contributed by atoms with Crippen molar-refractivity contribution in [3.63, 3.8) is 0 Å². The lowest BCUT2D eigenvalue weighted by Crippen LogP contribution is -2.44. The summed E-state index contributed by atoms with van der Waals surface area (Å²) in [5.74, 6) is 0. The Morgan fingerprint density at radius 3 is 2.53 bits per heavy atom. The fourth-order valence-electron chi connectivity index (χ4n) is 2.69. The first-order chi connectivity index (χ1) is 9.08. The number of nitrogens with zero attached hydrogens (tertiary/aromatic N) is 1. The molecule has 2 rings (SSSR count). The number of aliphatic hydroxyl groups is 1. The monoisotopic (exact) mass is 262 g/mol. The van der Waals surface area contributed by atoms with Gasteiger partial charge in [0.15, 0.2) is 0 Å². The molecule has 1 heterocycles. The summed E-state index contributed by atoms with van der Waals surface area (Å²) in [6.45, 7) is 8.18. The van der Waals surface area contributed by atoms with Crippen LogP contribution in [0, 0.1) is 0 Å². The average Bonchev–Trinajstić information content (AvgIpc) is 2.90. The van der Waals surface area contributed by atoms with Crippen LogP contribution in [0.5, 0.6) is 0 Å². The van der Waals surface area contributed by atoms with Crippen LogP contribution in [0.25, 0.3) is 0 Å². The summed E-state index contributed by atoms with van der Waals surface area (Å²) in [6.07, 6.45) is 2.66. The molecule has 3 heteroatoms. The summed E-state index contributed by atoms with van der Waals surface area (Å²) in [4.78, 5) is 2.49. The molecule has 106 valence electrons. The van der Waals surface area contributed by atoms with Gasteiger partial charge in [-0.2, -0.15) is 0 Å². The molecular weight excluding hydrogens is 236 g/mol. The van der Waals surface area contributed by atoms with Crippen LogP contribution < -0.4 is 5.32 Å². The second-order valence-corrected chi connectivity index (χ2v) is 5.93. The van der Waals surface area contributed by atoms with Gasteiger partial charge in [0.25, 0.3) is 0 Å². The molecule has 2 N–H and O–H groups in total.